The molecule has 4 aromatic carbocycles. The molecule has 0 bridgehead atoms. The van der Waals surface area contributed by atoms with E-state index in [4.69, 9.17) is 29.7 Å². The summed E-state index contributed by atoms with van der Waals surface area (Å²) < 4.78 is 85.1. The van der Waals surface area contributed by atoms with E-state index in [9.17, 15) is 35.2 Å². The zero-order valence-corrected chi connectivity index (χ0v) is 40.1. The van der Waals surface area contributed by atoms with Crippen molar-refractivity contribution in [3.63, 3.8) is 0 Å². The molecule has 2 aliphatic carbocycles. The van der Waals surface area contributed by atoms with Crippen molar-refractivity contribution in [3.8, 4) is 11.5 Å². The van der Waals surface area contributed by atoms with Crippen LogP contribution in [0.3, 0.4) is 0 Å². The Balaban J connectivity index is 0.000000208. The van der Waals surface area contributed by atoms with Crippen molar-refractivity contribution in [1.29, 1.82) is 0 Å². The first-order valence-corrected chi connectivity index (χ1v) is 25.7. The van der Waals surface area contributed by atoms with Crippen molar-refractivity contribution < 1.29 is 53.5 Å². The summed E-state index contributed by atoms with van der Waals surface area (Å²) in [5.74, 6) is -1.62. The van der Waals surface area contributed by atoms with E-state index in [2.05, 4.69) is 9.98 Å². The molecule has 2 aliphatic heterocycles. The Morgan fingerprint density at radius 1 is 0.603 bits per heavy atom. The number of guanidine groups is 2. The molecule has 68 heavy (non-hydrogen) atoms. The molecule has 5 N–H and O–H groups in total. The lowest BCUT2D eigenvalue weighted by Crippen LogP contribution is -2.41. The zero-order valence-electron chi connectivity index (χ0n) is 38.4. The van der Waals surface area contributed by atoms with Gasteiger partial charge in [-0.3, -0.25) is 24.2 Å². The number of carboxylic acids is 1. The maximum atomic E-state index is 14.8. The molecule has 16 nitrogen and oxygen atoms in total. The van der Waals surface area contributed by atoms with Crippen LogP contribution in [0.4, 0.5) is 8.78 Å². The largest absolute Gasteiger partial charge is 0.481 e. The Hall–Kier alpha value is -6.41. The minimum absolute atomic E-state index is 0.0509. The van der Waals surface area contributed by atoms with Crippen LogP contribution in [0.25, 0.3) is 0 Å². The Kier molecular flexibility index (Phi) is 15.3. The van der Waals surface area contributed by atoms with Crippen LogP contribution in [0.5, 0.6) is 11.5 Å². The summed E-state index contributed by atoms with van der Waals surface area (Å²) in [5.41, 5.74) is 12.3. The number of amides is 2. The predicted octanol–water partition coefficient (Wildman–Crippen LogP) is 6.58. The van der Waals surface area contributed by atoms with Crippen molar-refractivity contribution in [2.75, 3.05) is 26.6 Å². The van der Waals surface area contributed by atoms with Gasteiger partial charge in [-0.2, -0.15) is 16.8 Å². The third-order valence-corrected chi connectivity index (χ3v) is 13.4. The number of halogens is 2. The van der Waals surface area contributed by atoms with Gasteiger partial charge in [0.05, 0.1) is 12.5 Å². The van der Waals surface area contributed by atoms with Gasteiger partial charge >= 0.3 is 20.2 Å². The molecular weight excluding hydrogens is 923 g/mol. The van der Waals surface area contributed by atoms with Crippen LogP contribution in [-0.2, 0) is 45.7 Å². The van der Waals surface area contributed by atoms with E-state index in [0.717, 1.165) is 83.6 Å². The number of carboxylic acid groups (broad SMARTS) is 1. The first-order chi connectivity index (χ1) is 32.0. The molecule has 8 rings (SSSR count). The van der Waals surface area contributed by atoms with Crippen LogP contribution in [0.15, 0.2) is 94.9 Å². The number of carbonyl (C=O) groups is 3. The average Bonchev–Trinajstić information content (AvgIpc) is 3.66. The molecule has 2 saturated carbocycles. The molecule has 20 heteroatoms. The number of aliphatic imine (C=N–C) groups is 2. The quantitative estimate of drug-likeness (QED) is 0.143. The van der Waals surface area contributed by atoms with Gasteiger partial charge in [0, 0.05) is 21.0 Å². The fourth-order valence-electron chi connectivity index (χ4n) is 9.21. The van der Waals surface area contributed by atoms with Gasteiger partial charge in [-0.1, -0.05) is 74.9 Å². The average molecular weight is 979 g/mol. The highest BCUT2D eigenvalue weighted by molar-refractivity contribution is 7.86. The Bertz CT molecular complexity index is 2640. The number of nitrogens with two attached hydrogens (primary N) is 2. The standard InChI is InChI=1S/2C23H26FN3O4S.C2H4O2/c2*1-27-21(28)23(26-22(27)25,16-8-11-18(12-9-16)31-32(2,29)30)17-10-13-20(24)19(14-17)15-6-4-3-5-7-15;1-2(3)4/h2*8-15H,3-7H2,1-2H3,(H2,25,26);1H3,(H,3,4). The van der Waals surface area contributed by atoms with E-state index >= 15 is 0 Å². The minimum atomic E-state index is -3.69. The summed E-state index contributed by atoms with van der Waals surface area (Å²) >= 11 is 0. The van der Waals surface area contributed by atoms with Gasteiger partial charge in [-0.25, -0.2) is 18.8 Å². The monoisotopic (exact) mass is 978 g/mol. The number of hydrogen-bond acceptors (Lipinski definition) is 13. The number of nitrogens with zero attached hydrogens (tertiary/aromatic N) is 4. The SMILES string of the molecule is CC(=O)O.CN1C(=O)C(c2ccc(OS(C)(=O)=O)cc2)(c2ccc(F)c(C3CCCCC3)c2)N=C1N.CN1C(=O)C(c2ccc(OS(C)(=O)=O)cc2)(c2ccc(F)c(C3CCCCC3)c2)N=C1N. The van der Waals surface area contributed by atoms with Gasteiger partial charge in [-0.15, -0.1) is 0 Å². The number of likely N-dealkylation sites (N-methyl/N-ethyl adjacent to an activating group) is 2. The number of rotatable bonds is 10. The highest BCUT2D eigenvalue weighted by atomic mass is 32.2. The minimum Gasteiger partial charge on any atom is -0.481 e. The van der Waals surface area contributed by atoms with Crippen LogP contribution in [0.1, 0.15) is 116 Å². The van der Waals surface area contributed by atoms with Crippen LogP contribution >= 0.6 is 0 Å². The Morgan fingerprint density at radius 3 is 1.16 bits per heavy atom. The molecular formula is C48H56F2N6O10S2. The summed E-state index contributed by atoms with van der Waals surface area (Å²) in [6.45, 7) is 1.08. The molecule has 2 fully saturated rings. The molecule has 2 heterocycles. The summed E-state index contributed by atoms with van der Waals surface area (Å²) in [6.07, 6.45) is 12.0. The summed E-state index contributed by atoms with van der Waals surface area (Å²) in [6, 6.07) is 21.5. The molecule has 364 valence electrons. The maximum Gasteiger partial charge on any atom is 0.306 e. The maximum absolute atomic E-state index is 14.8. The highest BCUT2D eigenvalue weighted by Crippen LogP contribution is 2.45. The van der Waals surface area contributed by atoms with E-state index in [1.807, 2.05) is 0 Å². The van der Waals surface area contributed by atoms with Crippen molar-refractivity contribution in [2.45, 2.75) is 94.0 Å². The molecule has 4 aromatic rings. The molecule has 0 radical (unpaired) electrons. The Morgan fingerprint density at radius 2 is 0.897 bits per heavy atom. The lowest BCUT2D eigenvalue weighted by atomic mass is 9.78. The van der Waals surface area contributed by atoms with Gasteiger partial charge in [0.2, 0.25) is 0 Å². The van der Waals surface area contributed by atoms with Gasteiger partial charge in [0.1, 0.15) is 23.1 Å². The molecule has 0 saturated heterocycles. The first-order valence-electron chi connectivity index (χ1n) is 22.0. The van der Waals surface area contributed by atoms with E-state index in [-0.39, 0.29) is 58.7 Å². The van der Waals surface area contributed by atoms with E-state index in [1.54, 1.807) is 48.5 Å². The molecule has 2 amide bonds. The second-order valence-electron chi connectivity index (χ2n) is 17.4. The smallest absolute Gasteiger partial charge is 0.306 e. The Labute approximate surface area is 395 Å². The summed E-state index contributed by atoms with van der Waals surface area (Å²) in [4.78, 5) is 47.5. The fourth-order valence-corrected chi connectivity index (χ4v) is 10.1. The van der Waals surface area contributed by atoms with Crippen molar-refractivity contribution in [1.82, 2.24) is 9.80 Å². The summed E-state index contributed by atoms with van der Waals surface area (Å²) in [7, 11) is -4.31. The van der Waals surface area contributed by atoms with Gasteiger partial charge < -0.3 is 24.9 Å². The molecule has 2 unspecified atom stereocenters. The predicted molar refractivity (Wildman–Crippen MR) is 252 cm³/mol. The first kappa shape index (κ1) is 51.0. The number of carbonyl (C=O) groups excluding carboxylic acids is 2. The highest BCUT2D eigenvalue weighted by Gasteiger charge is 2.51. The second-order valence-corrected chi connectivity index (χ2v) is 20.5. The van der Waals surface area contributed by atoms with Crippen LogP contribution in [-0.4, -0.2) is 88.1 Å². The van der Waals surface area contributed by atoms with Crippen LogP contribution in [0.2, 0.25) is 0 Å². The number of benzene rings is 4. The van der Waals surface area contributed by atoms with Gasteiger partial charge in [-0.05, 0) is 119 Å². The molecule has 0 spiro atoms. The zero-order chi connectivity index (χ0) is 49.8. The van der Waals surface area contributed by atoms with Crippen LogP contribution < -0.4 is 19.8 Å². The lowest BCUT2D eigenvalue weighted by Gasteiger charge is -2.28. The van der Waals surface area contributed by atoms with Gasteiger partial charge in [0.25, 0.3) is 17.8 Å². The normalized spacial score (nSPS) is 21.2. The van der Waals surface area contributed by atoms with E-state index in [0.29, 0.717) is 33.4 Å². The molecule has 0 aromatic heterocycles. The fraction of sp³-hybridized carbons (Fsp3) is 0.396. The third kappa shape index (κ3) is 11.1. The third-order valence-electron chi connectivity index (χ3n) is 12.4. The van der Waals surface area contributed by atoms with Gasteiger partial charge in [0.15, 0.2) is 23.0 Å². The van der Waals surface area contributed by atoms with Crippen LogP contribution in [0, 0.1) is 11.6 Å². The summed E-state index contributed by atoms with van der Waals surface area (Å²) in [5, 5.41) is 7.42. The second kappa shape index (κ2) is 20.4. The van der Waals surface area contributed by atoms with Crippen molar-refractivity contribution in [2.24, 2.45) is 21.5 Å². The van der Waals surface area contributed by atoms with E-state index in [1.165, 1.54) is 60.3 Å². The topological polar surface area (TPSA) is 241 Å². The lowest BCUT2D eigenvalue weighted by molar-refractivity contribution is -0.134. The molecule has 2 atom stereocenters. The van der Waals surface area contributed by atoms with E-state index < -0.39 is 37.3 Å². The number of hydrogen-bond donors (Lipinski definition) is 3. The number of aliphatic carboxylic acids is 1. The van der Waals surface area contributed by atoms with Crippen molar-refractivity contribution >= 4 is 49.9 Å². The molecule has 4 aliphatic rings. The van der Waals surface area contributed by atoms with Crippen molar-refractivity contribution in [3.05, 3.63) is 130 Å².